The SMILES string of the molecule is c1cc2cccc3c4c(-c5ccc(-c6ccc7cccc8c9cccc%10cccc(c6c78)c%109)cc5)ccc5cccc(c(c1)c23)c54. The molecule has 0 aliphatic heterocycles. The Balaban J connectivity index is 1.19. The molecule has 0 heterocycles. The van der Waals surface area contributed by atoms with Crippen LogP contribution in [0.25, 0.3) is 108 Å². The molecule has 11 aromatic carbocycles. The molecule has 11 rings (SSSR count). The van der Waals surface area contributed by atoms with Crippen LogP contribution >= 0.6 is 0 Å². The highest BCUT2D eigenvalue weighted by Crippen LogP contribution is 2.46. The van der Waals surface area contributed by atoms with Gasteiger partial charge >= 0.3 is 0 Å². The Labute approximate surface area is 265 Å². The van der Waals surface area contributed by atoms with Crippen molar-refractivity contribution in [3.8, 4) is 22.3 Å². The molecular formula is C46H26. The molecule has 0 unspecified atom stereocenters. The number of hydrogen-bond donors (Lipinski definition) is 0. The molecular weight excluding hydrogens is 553 g/mol. The van der Waals surface area contributed by atoms with Crippen molar-refractivity contribution in [2.75, 3.05) is 0 Å². The molecule has 0 N–H and O–H groups in total. The van der Waals surface area contributed by atoms with Crippen LogP contribution in [0.2, 0.25) is 0 Å². The van der Waals surface area contributed by atoms with E-state index in [9.17, 15) is 0 Å². The Kier molecular flexibility index (Phi) is 4.66. The van der Waals surface area contributed by atoms with Crippen molar-refractivity contribution in [2.45, 2.75) is 0 Å². The van der Waals surface area contributed by atoms with Gasteiger partial charge in [0.1, 0.15) is 0 Å². The third kappa shape index (κ3) is 3.08. The van der Waals surface area contributed by atoms with Gasteiger partial charge in [-0.25, -0.2) is 0 Å². The third-order valence-corrected chi connectivity index (χ3v) is 10.5. The van der Waals surface area contributed by atoms with Crippen LogP contribution in [0.5, 0.6) is 0 Å². The first-order chi connectivity index (χ1) is 22.8. The van der Waals surface area contributed by atoms with Gasteiger partial charge in [-0.05, 0) is 108 Å². The second kappa shape index (κ2) is 8.81. The number of benzene rings is 11. The Morgan fingerprint density at radius 2 is 0.500 bits per heavy atom. The summed E-state index contributed by atoms with van der Waals surface area (Å²) in [6.07, 6.45) is 0. The van der Waals surface area contributed by atoms with E-state index in [1.165, 1.54) is 108 Å². The van der Waals surface area contributed by atoms with E-state index >= 15 is 0 Å². The first-order valence-corrected chi connectivity index (χ1v) is 16.1. The van der Waals surface area contributed by atoms with Crippen LogP contribution in [0, 0.1) is 0 Å². The van der Waals surface area contributed by atoms with E-state index in [1.54, 1.807) is 0 Å². The fourth-order valence-corrected chi connectivity index (χ4v) is 8.62. The number of rotatable bonds is 2. The van der Waals surface area contributed by atoms with Crippen LogP contribution in [0.3, 0.4) is 0 Å². The van der Waals surface area contributed by atoms with Crippen molar-refractivity contribution in [3.05, 3.63) is 158 Å². The Hall–Kier alpha value is -5.98. The second-order valence-electron chi connectivity index (χ2n) is 12.8. The lowest BCUT2D eigenvalue weighted by Gasteiger charge is -2.18. The van der Waals surface area contributed by atoms with Crippen molar-refractivity contribution < 1.29 is 0 Å². The van der Waals surface area contributed by atoms with Crippen LogP contribution in [0.1, 0.15) is 0 Å². The molecule has 11 aromatic rings. The summed E-state index contributed by atoms with van der Waals surface area (Å²) in [6, 6.07) is 59.0. The van der Waals surface area contributed by atoms with Crippen molar-refractivity contribution in [3.63, 3.8) is 0 Å². The molecule has 0 radical (unpaired) electrons. The van der Waals surface area contributed by atoms with Gasteiger partial charge in [0, 0.05) is 0 Å². The van der Waals surface area contributed by atoms with Gasteiger partial charge < -0.3 is 0 Å². The summed E-state index contributed by atoms with van der Waals surface area (Å²) >= 11 is 0. The van der Waals surface area contributed by atoms with Crippen molar-refractivity contribution >= 4 is 86.2 Å². The predicted octanol–water partition coefficient (Wildman–Crippen LogP) is 13.1. The lowest BCUT2D eigenvalue weighted by molar-refractivity contribution is 1.64. The minimum absolute atomic E-state index is 1.24. The summed E-state index contributed by atoms with van der Waals surface area (Å²) in [5.74, 6) is 0. The van der Waals surface area contributed by atoms with Gasteiger partial charge in [-0.15, -0.1) is 0 Å². The topological polar surface area (TPSA) is 0 Å². The zero-order valence-electron chi connectivity index (χ0n) is 25.0. The zero-order valence-corrected chi connectivity index (χ0v) is 25.0. The van der Waals surface area contributed by atoms with Gasteiger partial charge in [-0.1, -0.05) is 158 Å². The van der Waals surface area contributed by atoms with Gasteiger partial charge in [0.25, 0.3) is 0 Å². The molecule has 0 fully saturated rings. The Bertz CT molecular complexity index is 2780. The molecule has 0 aliphatic carbocycles. The maximum absolute atomic E-state index is 2.33. The van der Waals surface area contributed by atoms with E-state index in [0.717, 1.165) is 0 Å². The fraction of sp³-hybridized carbons (Fsp3) is 0. The van der Waals surface area contributed by atoms with Gasteiger partial charge in [0.2, 0.25) is 0 Å². The molecule has 210 valence electrons. The molecule has 0 amide bonds. The largest absolute Gasteiger partial charge is 0.0610 e. The summed E-state index contributed by atoms with van der Waals surface area (Å²) in [6.45, 7) is 0. The van der Waals surface area contributed by atoms with Crippen LogP contribution in [0.15, 0.2) is 158 Å². The summed E-state index contributed by atoms with van der Waals surface area (Å²) in [4.78, 5) is 0. The molecule has 46 heavy (non-hydrogen) atoms. The fourth-order valence-electron chi connectivity index (χ4n) is 8.62. The monoisotopic (exact) mass is 578 g/mol. The molecule has 0 atom stereocenters. The van der Waals surface area contributed by atoms with Crippen molar-refractivity contribution in [1.82, 2.24) is 0 Å². The predicted molar refractivity (Wildman–Crippen MR) is 200 cm³/mol. The summed E-state index contributed by atoms with van der Waals surface area (Å²) < 4.78 is 0. The molecule has 0 bridgehead atoms. The zero-order chi connectivity index (χ0) is 29.9. The molecule has 0 aromatic heterocycles. The number of hydrogen-bond acceptors (Lipinski definition) is 0. The molecule has 0 spiro atoms. The molecule has 0 heteroatoms. The first-order valence-electron chi connectivity index (χ1n) is 16.1. The average molecular weight is 579 g/mol. The van der Waals surface area contributed by atoms with Gasteiger partial charge in [-0.3, -0.25) is 0 Å². The molecule has 0 saturated carbocycles. The molecule has 0 nitrogen and oxygen atoms in total. The number of fused-ring (bicyclic) bond motifs is 4. The average Bonchev–Trinajstić information content (AvgIpc) is 3.12. The van der Waals surface area contributed by atoms with Crippen LogP contribution in [-0.2, 0) is 0 Å². The Morgan fingerprint density at radius 3 is 0.870 bits per heavy atom. The smallest absolute Gasteiger partial charge is 0.00141 e. The minimum Gasteiger partial charge on any atom is -0.0610 e. The lowest BCUT2D eigenvalue weighted by atomic mass is 9.85. The van der Waals surface area contributed by atoms with Gasteiger partial charge in [0.15, 0.2) is 0 Å². The van der Waals surface area contributed by atoms with Crippen LogP contribution in [-0.4, -0.2) is 0 Å². The van der Waals surface area contributed by atoms with Gasteiger partial charge in [-0.2, -0.15) is 0 Å². The first kappa shape index (κ1) is 24.4. The van der Waals surface area contributed by atoms with E-state index in [1.807, 2.05) is 0 Å². The molecule has 0 saturated heterocycles. The van der Waals surface area contributed by atoms with E-state index in [2.05, 4.69) is 158 Å². The highest BCUT2D eigenvalue weighted by Gasteiger charge is 2.18. The van der Waals surface area contributed by atoms with E-state index in [0.29, 0.717) is 0 Å². The summed E-state index contributed by atoms with van der Waals surface area (Å²) in [5.41, 5.74) is 5.06. The third-order valence-electron chi connectivity index (χ3n) is 10.5. The quantitative estimate of drug-likeness (QED) is 0.141. The van der Waals surface area contributed by atoms with Gasteiger partial charge in [0.05, 0.1) is 0 Å². The maximum Gasteiger partial charge on any atom is -0.00141 e. The standard InChI is InChI=1S/C46H26/c1-7-29-9-5-17-39-41(29)35(13-1)37-15-3-11-31-23-25-33(45(39)43(31)37)27-19-21-28(22-20-27)34-26-24-32-12-4-16-38-36-14-2-8-30-10-6-18-40(42(30)36)46(34)44(32)38/h1-26H. The van der Waals surface area contributed by atoms with Crippen molar-refractivity contribution in [1.29, 1.82) is 0 Å². The highest BCUT2D eigenvalue weighted by atomic mass is 14.2. The lowest BCUT2D eigenvalue weighted by Crippen LogP contribution is -1.91. The highest BCUT2D eigenvalue weighted by molar-refractivity contribution is 6.36. The summed E-state index contributed by atoms with van der Waals surface area (Å²) in [7, 11) is 0. The minimum atomic E-state index is 1.24. The van der Waals surface area contributed by atoms with Crippen LogP contribution in [0.4, 0.5) is 0 Å². The molecule has 0 aliphatic rings. The van der Waals surface area contributed by atoms with E-state index in [-0.39, 0.29) is 0 Å². The maximum atomic E-state index is 2.33. The van der Waals surface area contributed by atoms with E-state index < -0.39 is 0 Å². The second-order valence-corrected chi connectivity index (χ2v) is 12.8. The van der Waals surface area contributed by atoms with E-state index in [4.69, 9.17) is 0 Å². The van der Waals surface area contributed by atoms with Crippen LogP contribution < -0.4 is 0 Å². The summed E-state index contributed by atoms with van der Waals surface area (Å²) in [5, 5.41) is 21.3. The normalized spacial score (nSPS) is 12.3. The van der Waals surface area contributed by atoms with Crippen molar-refractivity contribution in [2.24, 2.45) is 0 Å². The Morgan fingerprint density at radius 1 is 0.196 bits per heavy atom.